The van der Waals surface area contributed by atoms with Crippen LogP contribution in [0.25, 0.3) is 0 Å². The second-order valence-electron chi connectivity index (χ2n) is 5.73. The van der Waals surface area contributed by atoms with Crippen molar-refractivity contribution in [1.29, 1.82) is 0 Å². The normalized spacial score (nSPS) is 14.3. The van der Waals surface area contributed by atoms with Crippen LogP contribution in [0.2, 0.25) is 0 Å². The van der Waals surface area contributed by atoms with E-state index in [4.69, 9.17) is 5.11 Å². The van der Waals surface area contributed by atoms with Crippen LogP contribution < -0.4 is 5.32 Å². The minimum atomic E-state index is -1.01. The van der Waals surface area contributed by atoms with E-state index in [1.165, 1.54) is 30.7 Å². The van der Waals surface area contributed by atoms with E-state index in [-0.39, 0.29) is 18.0 Å². The van der Waals surface area contributed by atoms with Gasteiger partial charge in [0.1, 0.15) is 5.82 Å². The Hall–Kier alpha value is -2.70. The Bertz CT molecular complexity index is 732. The van der Waals surface area contributed by atoms with Crippen LogP contribution in [0.15, 0.2) is 24.3 Å². The predicted molar refractivity (Wildman–Crippen MR) is 82.2 cm³/mol. The molecule has 0 radical (unpaired) electrons. The topological polar surface area (TPSA) is 97.1 Å². The smallest absolute Gasteiger partial charge is 0.335 e. The third-order valence-electron chi connectivity index (χ3n) is 4.27. The lowest BCUT2D eigenvalue weighted by atomic mass is 9.85. The minimum Gasteiger partial charge on any atom is -0.478 e. The fourth-order valence-corrected chi connectivity index (χ4v) is 2.58. The van der Waals surface area contributed by atoms with Crippen molar-refractivity contribution >= 4 is 11.9 Å². The molecular formula is C16H18N4O3. The van der Waals surface area contributed by atoms with E-state index in [1.807, 2.05) is 11.6 Å². The molecule has 2 aromatic rings. The van der Waals surface area contributed by atoms with Crippen molar-refractivity contribution in [2.75, 3.05) is 0 Å². The Labute approximate surface area is 133 Å². The van der Waals surface area contributed by atoms with Gasteiger partial charge in [0.15, 0.2) is 5.82 Å². The van der Waals surface area contributed by atoms with Crippen molar-refractivity contribution < 1.29 is 14.7 Å². The zero-order chi connectivity index (χ0) is 16.4. The molecule has 0 saturated heterocycles. The zero-order valence-electron chi connectivity index (χ0n) is 12.8. The van der Waals surface area contributed by atoms with Crippen molar-refractivity contribution in [3.05, 3.63) is 47.0 Å². The lowest BCUT2D eigenvalue weighted by Gasteiger charge is -2.24. The van der Waals surface area contributed by atoms with E-state index in [1.54, 1.807) is 0 Å². The number of hydrogen-bond donors (Lipinski definition) is 2. The summed E-state index contributed by atoms with van der Waals surface area (Å²) in [6.07, 6.45) is 3.53. The number of carboxylic acids is 1. The van der Waals surface area contributed by atoms with E-state index in [0.717, 1.165) is 18.7 Å². The second-order valence-corrected chi connectivity index (χ2v) is 5.73. The van der Waals surface area contributed by atoms with Gasteiger partial charge in [-0.1, -0.05) is 6.42 Å². The van der Waals surface area contributed by atoms with Crippen molar-refractivity contribution in [2.45, 2.75) is 31.7 Å². The van der Waals surface area contributed by atoms with Gasteiger partial charge < -0.3 is 15.0 Å². The molecule has 0 spiro atoms. The average Bonchev–Trinajstić information content (AvgIpc) is 2.84. The third-order valence-corrected chi connectivity index (χ3v) is 4.27. The quantitative estimate of drug-likeness (QED) is 0.875. The Morgan fingerprint density at radius 2 is 1.87 bits per heavy atom. The number of carbonyl (C=O) groups is 2. The molecule has 120 valence electrons. The maximum absolute atomic E-state index is 12.1. The molecule has 1 aliphatic rings. The summed E-state index contributed by atoms with van der Waals surface area (Å²) < 4.78 is 1.94. The number of carbonyl (C=O) groups excluding carboxylic acids is 1. The monoisotopic (exact) mass is 314 g/mol. The fourth-order valence-electron chi connectivity index (χ4n) is 2.58. The number of benzene rings is 1. The molecular weight excluding hydrogens is 296 g/mol. The molecule has 1 aromatic carbocycles. The van der Waals surface area contributed by atoms with E-state index >= 15 is 0 Å². The molecule has 2 N–H and O–H groups in total. The number of amides is 1. The fraction of sp³-hybridized carbons (Fsp3) is 0.375. The first kappa shape index (κ1) is 15.2. The highest BCUT2D eigenvalue weighted by Gasteiger charge is 2.25. The second kappa shape index (κ2) is 6.20. The zero-order valence-corrected chi connectivity index (χ0v) is 12.8. The first-order valence-corrected chi connectivity index (χ1v) is 7.56. The highest BCUT2D eigenvalue weighted by atomic mass is 16.4. The van der Waals surface area contributed by atoms with Gasteiger partial charge in [0.2, 0.25) is 0 Å². The number of nitrogens with one attached hydrogen (secondary N) is 1. The lowest BCUT2D eigenvalue weighted by molar-refractivity contribution is 0.0696. The van der Waals surface area contributed by atoms with Crippen LogP contribution >= 0.6 is 0 Å². The minimum absolute atomic E-state index is 0.153. The third kappa shape index (κ3) is 3.08. The van der Waals surface area contributed by atoms with Crippen LogP contribution in [0, 0.1) is 0 Å². The number of aromatic carboxylic acids is 1. The summed E-state index contributed by atoms with van der Waals surface area (Å²) in [5.41, 5.74) is 0.566. The summed E-state index contributed by atoms with van der Waals surface area (Å²) in [5, 5.41) is 20.0. The summed E-state index contributed by atoms with van der Waals surface area (Å²) in [5.74, 6) is 0.893. The molecule has 1 heterocycles. The van der Waals surface area contributed by atoms with E-state index in [2.05, 4.69) is 15.5 Å². The molecule has 1 fully saturated rings. The van der Waals surface area contributed by atoms with Crippen molar-refractivity contribution in [3.63, 3.8) is 0 Å². The van der Waals surface area contributed by atoms with Gasteiger partial charge in [-0.05, 0) is 37.1 Å². The molecule has 1 aromatic heterocycles. The maximum Gasteiger partial charge on any atom is 0.335 e. The molecule has 7 heteroatoms. The van der Waals surface area contributed by atoms with E-state index < -0.39 is 5.97 Å². The van der Waals surface area contributed by atoms with Gasteiger partial charge in [-0.15, -0.1) is 10.2 Å². The van der Waals surface area contributed by atoms with Gasteiger partial charge in [0, 0.05) is 18.5 Å². The Kier molecular flexibility index (Phi) is 4.10. The first-order valence-electron chi connectivity index (χ1n) is 7.56. The Morgan fingerprint density at radius 1 is 1.22 bits per heavy atom. The first-order chi connectivity index (χ1) is 11.1. The number of aromatic nitrogens is 3. The molecule has 7 nitrogen and oxygen atoms in total. The van der Waals surface area contributed by atoms with Crippen molar-refractivity contribution in [3.8, 4) is 0 Å². The summed E-state index contributed by atoms with van der Waals surface area (Å²) in [4.78, 5) is 22.9. The average molecular weight is 314 g/mol. The van der Waals surface area contributed by atoms with E-state index in [9.17, 15) is 9.59 Å². The van der Waals surface area contributed by atoms with Gasteiger partial charge in [0.05, 0.1) is 12.1 Å². The lowest BCUT2D eigenvalue weighted by Crippen LogP contribution is -2.25. The van der Waals surface area contributed by atoms with Crippen molar-refractivity contribution in [2.24, 2.45) is 7.05 Å². The van der Waals surface area contributed by atoms with Crippen LogP contribution in [-0.4, -0.2) is 31.7 Å². The van der Waals surface area contributed by atoms with Crippen molar-refractivity contribution in [1.82, 2.24) is 20.1 Å². The molecule has 23 heavy (non-hydrogen) atoms. The molecule has 1 aliphatic carbocycles. The van der Waals surface area contributed by atoms with Crippen LogP contribution in [0.3, 0.4) is 0 Å². The number of hydrogen-bond acceptors (Lipinski definition) is 4. The molecule has 3 rings (SSSR count). The van der Waals surface area contributed by atoms with Gasteiger partial charge in [-0.25, -0.2) is 4.79 Å². The number of carboxylic acid groups (broad SMARTS) is 1. The largest absolute Gasteiger partial charge is 0.478 e. The van der Waals surface area contributed by atoms with Gasteiger partial charge >= 0.3 is 5.97 Å². The molecule has 0 unspecified atom stereocenters. The molecule has 0 aliphatic heterocycles. The standard InChI is InChI=1S/C16H18N4O3/c1-20-13(18-19-14(20)10-3-2-4-10)9-17-15(21)11-5-7-12(8-6-11)16(22)23/h5-8,10H,2-4,9H2,1H3,(H,17,21)(H,22,23). The van der Waals surface area contributed by atoms with Gasteiger partial charge in [0.25, 0.3) is 5.91 Å². The molecule has 0 bridgehead atoms. The Morgan fingerprint density at radius 3 is 2.43 bits per heavy atom. The number of nitrogens with zero attached hydrogens (tertiary/aromatic N) is 3. The molecule has 1 saturated carbocycles. The van der Waals surface area contributed by atoms with Crippen LogP contribution in [0.4, 0.5) is 0 Å². The predicted octanol–water partition coefficient (Wildman–Crippen LogP) is 1.71. The van der Waals surface area contributed by atoms with Gasteiger partial charge in [-0.3, -0.25) is 4.79 Å². The van der Waals surface area contributed by atoms with E-state index in [0.29, 0.717) is 17.3 Å². The summed E-state index contributed by atoms with van der Waals surface area (Å²) in [7, 11) is 1.91. The number of rotatable bonds is 5. The highest BCUT2D eigenvalue weighted by Crippen LogP contribution is 2.35. The highest BCUT2D eigenvalue weighted by molar-refractivity contribution is 5.95. The SMILES string of the molecule is Cn1c(CNC(=O)c2ccc(C(=O)O)cc2)nnc1C1CCC1. The van der Waals surface area contributed by atoms with Crippen LogP contribution in [0.1, 0.15) is 57.5 Å². The summed E-state index contributed by atoms with van der Waals surface area (Å²) in [6.45, 7) is 0.287. The summed E-state index contributed by atoms with van der Waals surface area (Å²) in [6, 6.07) is 5.81. The van der Waals surface area contributed by atoms with Crippen LogP contribution in [0.5, 0.6) is 0 Å². The Balaban J connectivity index is 1.62. The maximum atomic E-state index is 12.1. The van der Waals surface area contributed by atoms with Crippen LogP contribution in [-0.2, 0) is 13.6 Å². The molecule has 1 amide bonds. The molecule has 0 atom stereocenters. The summed E-state index contributed by atoms with van der Waals surface area (Å²) >= 11 is 0. The van der Waals surface area contributed by atoms with Gasteiger partial charge in [-0.2, -0.15) is 0 Å².